The highest BCUT2D eigenvalue weighted by atomic mass is 16.5. The van der Waals surface area contributed by atoms with E-state index < -0.39 is 0 Å². The van der Waals surface area contributed by atoms with Crippen LogP contribution in [0.2, 0.25) is 0 Å². The van der Waals surface area contributed by atoms with Crippen LogP contribution >= 0.6 is 0 Å². The molecule has 1 fully saturated rings. The molecule has 2 heterocycles. The Kier molecular flexibility index (Phi) is 5.74. The van der Waals surface area contributed by atoms with Gasteiger partial charge in [0.2, 0.25) is 0 Å². The number of rotatable bonds is 6. The summed E-state index contributed by atoms with van der Waals surface area (Å²) in [4.78, 5) is 12.8. The Morgan fingerprint density at radius 1 is 1.31 bits per heavy atom. The van der Waals surface area contributed by atoms with E-state index in [1.165, 1.54) is 0 Å². The average Bonchev–Trinajstić information content (AvgIpc) is 3.03. The normalized spacial score (nSPS) is 16.4. The zero-order chi connectivity index (χ0) is 18.6. The van der Waals surface area contributed by atoms with Crippen molar-refractivity contribution in [1.29, 1.82) is 0 Å². The molecule has 1 amide bonds. The van der Waals surface area contributed by atoms with Crippen LogP contribution in [0.15, 0.2) is 30.5 Å². The van der Waals surface area contributed by atoms with E-state index in [1.54, 1.807) is 13.3 Å². The number of benzene rings is 1. The molecule has 3 rings (SSSR count). The lowest BCUT2D eigenvalue weighted by Gasteiger charge is -2.37. The van der Waals surface area contributed by atoms with Gasteiger partial charge in [0.05, 0.1) is 29.7 Å². The minimum Gasteiger partial charge on any atom is -0.384 e. The van der Waals surface area contributed by atoms with Crippen LogP contribution in [0.3, 0.4) is 0 Å². The number of aromatic nitrogens is 2. The number of methoxy groups -OCH3 is 1. The van der Waals surface area contributed by atoms with Gasteiger partial charge >= 0.3 is 0 Å². The van der Waals surface area contributed by atoms with Crippen molar-refractivity contribution in [1.82, 2.24) is 20.4 Å². The lowest BCUT2D eigenvalue weighted by molar-refractivity contribution is 0.0511. The topological polar surface area (TPSA) is 68.2 Å². The quantitative estimate of drug-likeness (QED) is 0.833. The summed E-state index contributed by atoms with van der Waals surface area (Å²) >= 11 is 0. The smallest absolute Gasteiger partial charge is 0.254 e. The number of carbonyl (C=O) groups is 1. The lowest BCUT2D eigenvalue weighted by Crippen LogP contribution is -2.47. The Morgan fingerprint density at radius 2 is 2.04 bits per heavy atom. The van der Waals surface area contributed by atoms with Crippen molar-refractivity contribution in [2.45, 2.75) is 26.7 Å². The van der Waals surface area contributed by atoms with Crippen LogP contribution < -0.4 is 10.6 Å². The highest BCUT2D eigenvalue weighted by Gasteiger charge is 2.32. The van der Waals surface area contributed by atoms with Gasteiger partial charge in [-0.05, 0) is 51.4 Å². The van der Waals surface area contributed by atoms with Crippen LogP contribution in [0.4, 0.5) is 0 Å². The highest BCUT2D eigenvalue weighted by Crippen LogP contribution is 2.28. The van der Waals surface area contributed by atoms with Gasteiger partial charge in [-0.25, -0.2) is 4.68 Å². The zero-order valence-electron chi connectivity index (χ0n) is 15.8. The van der Waals surface area contributed by atoms with Gasteiger partial charge in [0, 0.05) is 19.1 Å². The Hall–Kier alpha value is -2.18. The maximum absolute atomic E-state index is 12.8. The number of aryl methyl sites for hydroxylation is 1. The fourth-order valence-electron chi connectivity index (χ4n) is 3.67. The first-order chi connectivity index (χ1) is 12.6. The fourth-order valence-corrected chi connectivity index (χ4v) is 3.67. The summed E-state index contributed by atoms with van der Waals surface area (Å²) in [6.07, 6.45) is 3.66. The van der Waals surface area contributed by atoms with Gasteiger partial charge in [0.1, 0.15) is 0 Å². The first kappa shape index (κ1) is 18.6. The molecule has 1 aromatic carbocycles. The molecule has 140 valence electrons. The van der Waals surface area contributed by atoms with Gasteiger partial charge in [0.15, 0.2) is 0 Å². The second-order valence-corrected chi connectivity index (χ2v) is 7.21. The molecular formula is C20H28N4O2. The minimum absolute atomic E-state index is 0.00950. The van der Waals surface area contributed by atoms with E-state index in [0.29, 0.717) is 18.7 Å². The Morgan fingerprint density at radius 3 is 2.73 bits per heavy atom. The molecule has 1 aromatic heterocycles. The third-order valence-corrected chi connectivity index (χ3v) is 5.34. The minimum atomic E-state index is -0.0728. The third-order valence-electron chi connectivity index (χ3n) is 5.34. The number of hydrogen-bond acceptors (Lipinski definition) is 4. The van der Waals surface area contributed by atoms with Crippen molar-refractivity contribution >= 4 is 5.91 Å². The predicted molar refractivity (Wildman–Crippen MR) is 102 cm³/mol. The molecule has 1 aliphatic rings. The SMILES string of the molecule is COCC1(CNC(=O)c2cnn(-c3ccccc3C)c2C)CCNCC1. The van der Waals surface area contributed by atoms with Crippen LogP contribution in [0, 0.1) is 19.3 Å². The van der Waals surface area contributed by atoms with Crippen molar-refractivity contribution in [2.75, 3.05) is 33.4 Å². The van der Waals surface area contributed by atoms with E-state index in [4.69, 9.17) is 4.74 Å². The number of piperidine rings is 1. The largest absolute Gasteiger partial charge is 0.384 e. The van der Waals surface area contributed by atoms with Crippen LogP contribution in [0.25, 0.3) is 5.69 Å². The maximum Gasteiger partial charge on any atom is 0.254 e. The highest BCUT2D eigenvalue weighted by molar-refractivity contribution is 5.95. The molecule has 1 aliphatic heterocycles. The number of amides is 1. The third kappa shape index (κ3) is 3.81. The Labute approximate surface area is 154 Å². The Balaban J connectivity index is 1.73. The second-order valence-electron chi connectivity index (χ2n) is 7.21. The summed E-state index contributed by atoms with van der Waals surface area (Å²) in [5.41, 5.74) is 3.60. The summed E-state index contributed by atoms with van der Waals surface area (Å²) < 4.78 is 7.26. The molecule has 0 bridgehead atoms. The van der Waals surface area contributed by atoms with Gasteiger partial charge in [-0.15, -0.1) is 0 Å². The molecule has 6 nitrogen and oxygen atoms in total. The molecule has 2 aromatic rings. The molecule has 0 aliphatic carbocycles. The monoisotopic (exact) mass is 356 g/mol. The van der Waals surface area contributed by atoms with Crippen molar-refractivity contribution in [3.05, 3.63) is 47.3 Å². The number of nitrogens with one attached hydrogen (secondary N) is 2. The van der Waals surface area contributed by atoms with Crippen LogP contribution in [-0.4, -0.2) is 49.0 Å². The summed E-state index contributed by atoms with van der Waals surface area (Å²) in [6.45, 7) is 7.19. The van der Waals surface area contributed by atoms with E-state index in [2.05, 4.69) is 15.7 Å². The summed E-state index contributed by atoms with van der Waals surface area (Å²) in [6, 6.07) is 8.04. The number of ether oxygens (including phenoxy) is 1. The number of carbonyl (C=O) groups excluding carboxylic acids is 1. The maximum atomic E-state index is 12.8. The first-order valence-corrected chi connectivity index (χ1v) is 9.15. The first-order valence-electron chi connectivity index (χ1n) is 9.15. The van der Waals surface area contributed by atoms with Crippen molar-refractivity contribution < 1.29 is 9.53 Å². The zero-order valence-corrected chi connectivity index (χ0v) is 15.8. The molecule has 0 spiro atoms. The fraction of sp³-hybridized carbons (Fsp3) is 0.500. The van der Waals surface area contributed by atoms with Gasteiger partial charge in [-0.1, -0.05) is 18.2 Å². The van der Waals surface area contributed by atoms with Crippen LogP contribution in [-0.2, 0) is 4.74 Å². The summed E-state index contributed by atoms with van der Waals surface area (Å²) in [5, 5.41) is 10.9. The lowest BCUT2D eigenvalue weighted by atomic mass is 9.79. The summed E-state index contributed by atoms with van der Waals surface area (Å²) in [7, 11) is 1.72. The van der Waals surface area contributed by atoms with Crippen LogP contribution in [0.5, 0.6) is 0 Å². The molecule has 0 radical (unpaired) electrons. The van der Waals surface area contributed by atoms with Gasteiger partial charge < -0.3 is 15.4 Å². The van der Waals surface area contributed by atoms with E-state index in [-0.39, 0.29) is 11.3 Å². The van der Waals surface area contributed by atoms with Crippen molar-refractivity contribution in [2.24, 2.45) is 5.41 Å². The number of hydrogen-bond donors (Lipinski definition) is 2. The Bertz CT molecular complexity index is 757. The van der Waals surface area contributed by atoms with Crippen molar-refractivity contribution in [3.8, 4) is 5.69 Å². The molecule has 2 N–H and O–H groups in total. The summed E-state index contributed by atoms with van der Waals surface area (Å²) in [5.74, 6) is -0.0728. The van der Waals surface area contributed by atoms with Crippen molar-refractivity contribution in [3.63, 3.8) is 0 Å². The van der Waals surface area contributed by atoms with Crippen LogP contribution in [0.1, 0.15) is 34.5 Å². The van der Waals surface area contributed by atoms with E-state index in [9.17, 15) is 4.79 Å². The molecule has 0 unspecified atom stereocenters. The molecule has 26 heavy (non-hydrogen) atoms. The molecule has 1 saturated heterocycles. The number of nitrogens with zero attached hydrogens (tertiary/aromatic N) is 2. The standard InChI is InChI=1S/C20H28N4O2/c1-15-6-4-5-7-18(15)24-16(2)17(12-23-24)19(25)22-13-20(14-26-3)8-10-21-11-9-20/h4-7,12,21H,8-11,13-14H2,1-3H3,(H,22,25). The second kappa shape index (κ2) is 8.01. The average molecular weight is 356 g/mol. The van der Waals surface area contributed by atoms with Gasteiger partial charge in [0.25, 0.3) is 5.91 Å². The predicted octanol–water partition coefficient (Wildman–Crippen LogP) is 2.24. The molecule has 0 atom stereocenters. The van der Waals surface area contributed by atoms with Gasteiger partial charge in [-0.2, -0.15) is 5.10 Å². The van der Waals surface area contributed by atoms with E-state index in [1.807, 2.05) is 42.8 Å². The number of para-hydroxylation sites is 1. The van der Waals surface area contributed by atoms with E-state index in [0.717, 1.165) is 42.9 Å². The van der Waals surface area contributed by atoms with E-state index >= 15 is 0 Å². The molecule has 0 saturated carbocycles. The molecule has 6 heteroatoms. The molecular weight excluding hydrogens is 328 g/mol. The van der Waals surface area contributed by atoms with Gasteiger partial charge in [-0.3, -0.25) is 4.79 Å².